The van der Waals surface area contributed by atoms with Crippen LogP contribution in [0.4, 0.5) is 0 Å². The zero-order valence-electron chi connectivity index (χ0n) is 14.0. The van der Waals surface area contributed by atoms with Gasteiger partial charge in [0.05, 0.1) is 15.5 Å². The van der Waals surface area contributed by atoms with Gasteiger partial charge in [-0.25, -0.2) is 13.2 Å². The molecule has 0 atom stereocenters. The molecule has 2 rings (SSSR count). The van der Waals surface area contributed by atoms with Gasteiger partial charge in [-0.3, -0.25) is 20.4 Å². The molecule has 1 fully saturated rings. The SMILES string of the molecule is CC(=O)NNC(=O)COC(=O)c1cc(S(=O)(=O)N2CCCC2)ccc1Cl. The molecule has 1 heterocycles. The second-order valence-corrected chi connectivity index (χ2v) is 7.90. The lowest BCUT2D eigenvalue weighted by Crippen LogP contribution is -2.42. The highest BCUT2D eigenvalue weighted by Gasteiger charge is 2.28. The first-order valence-corrected chi connectivity index (χ1v) is 9.56. The van der Waals surface area contributed by atoms with Crippen LogP contribution < -0.4 is 10.9 Å². The zero-order valence-corrected chi connectivity index (χ0v) is 15.5. The first kappa shape index (κ1) is 20.1. The second kappa shape index (κ2) is 8.47. The van der Waals surface area contributed by atoms with Crippen molar-refractivity contribution in [3.05, 3.63) is 28.8 Å². The lowest BCUT2D eigenvalue weighted by atomic mass is 10.2. The Morgan fingerprint density at radius 2 is 1.85 bits per heavy atom. The molecule has 1 aliphatic heterocycles. The number of esters is 1. The molecule has 0 aromatic heterocycles. The molecule has 26 heavy (non-hydrogen) atoms. The molecule has 1 aromatic carbocycles. The van der Waals surface area contributed by atoms with Crippen LogP contribution in [0.2, 0.25) is 5.02 Å². The highest BCUT2D eigenvalue weighted by molar-refractivity contribution is 7.89. The van der Waals surface area contributed by atoms with Crippen molar-refractivity contribution in [2.24, 2.45) is 0 Å². The fourth-order valence-corrected chi connectivity index (χ4v) is 4.04. The molecule has 0 spiro atoms. The Balaban J connectivity index is 2.10. The average molecular weight is 404 g/mol. The number of amides is 2. The molecule has 1 aliphatic rings. The fraction of sp³-hybridized carbons (Fsp3) is 0.400. The summed E-state index contributed by atoms with van der Waals surface area (Å²) in [6.45, 7) is 1.37. The van der Waals surface area contributed by atoms with Gasteiger partial charge in [0.2, 0.25) is 15.9 Å². The van der Waals surface area contributed by atoms with E-state index < -0.39 is 34.4 Å². The second-order valence-electron chi connectivity index (χ2n) is 5.56. The van der Waals surface area contributed by atoms with Crippen molar-refractivity contribution in [1.82, 2.24) is 15.2 Å². The third-order valence-corrected chi connectivity index (χ3v) is 5.80. The number of hydrogen-bond donors (Lipinski definition) is 2. The van der Waals surface area contributed by atoms with Crippen LogP contribution in [0.3, 0.4) is 0 Å². The van der Waals surface area contributed by atoms with Crippen molar-refractivity contribution in [2.75, 3.05) is 19.7 Å². The molecule has 2 N–H and O–H groups in total. The van der Waals surface area contributed by atoms with E-state index in [0.717, 1.165) is 18.9 Å². The van der Waals surface area contributed by atoms with Gasteiger partial charge in [-0.1, -0.05) is 11.6 Å². The average Bonchev–Trinajstić information content (AvgIpc) is 3.13. The minimum Gasteiger partial charge on any atom is -0.452 e. The smallest absolute Gasteiger partial charge is 0.340 e. The quantitative estimate of drug-likeness (QED) is 0.543. The summed E-state index contributed by atoms with van der Waals surface area (Å²) in [4.78, 5) is 34.2. The largest absolute Gasteiger partial charge is 0.452 e. The van der Waals surface area contributed by atoms with Gasteiger partial charge in [0.25, 0.3) is 5.91 Å². The summed E-state index contributed by atoms with van der Waals surface area (Å²) in [5, 5.41) is -0.00218. The highest BCUT2D eigenvalue weighted by atomic mass is 35.5. The zero-order chi connectivity index (χ0) is 19.3. The van der Waals surface area contributed by atoms with E-state index in [1.54, 1.807) is 0 Å². The van der Waals surface area contributed by atoms with E-state index in [-0.39, 0.29) is 15.5 Å². The summed E-state index contributed by atoms with van der Waals surface area (Å²) in [5.74, 6) is -2.20. The maximum atomic E-state index is 12.6. The van der Waals surface area contributed by atoms with Gasteiger partial charge in [0, 0.05) is 20.0 Å². The molecule has 9 nitrogen and oxygen atoms in total. The van der Waals surface area contributed by atoms with E-state index in [9.17, 15) is 22.8 Å². The maximum absolute atomic E-state index is 12.6. The lowest BCUT2D eigenvalue weighted by Gasteiger charge is -2.16. The number of ether oxygens (including phenoxy) is 1. The molecule has 2 amide bonds. The Kier molecular flexibility index (Phi) is 6.57. The van der Waals surface area contributed by atoms with Gasteiger partial charge in [0.1, 0.15) is 0 Å². The predicted octanol–water partition coefficient (Wildman–Crippen LogP) is 0.449. The lowest BCUT2D eigenvalue weighted by molar-refractivity contribution is -0.129. The van der Waals surface area contributed by atoms with Crippen LogP contribution >= 0.6 is 11.6 Å². The van der Waals surface area contributed by atoms with Gasteiger partial charge < -0.3 is 4.74 Å². The Bertz CT molecular complexity index is 821. The molecule has 142 valence electrons. The van der Waals surface area contributed by atoms with E-state index in [0.29, 0.717) is 13.1 Å². The normalized spacial score (nSPS) is 14.7. The third kappa shape index (κ3) is 4.93. The molecular weight excluding hydrogens is 386 g/mol. The van der Waals surface area contributed by atoms with E-state index in [2.05, 4.69) is 0 Å². The number of nitrogens with zero attached hydrogens (tertiary/aromatic N) is 1. The number of sulfonamides is 1. The number of nitrogens with one attached hydrogen (secondary N) is 2. The van der Waals surface area contributed by atoms with E-state index >= 15 is 0 Å². The number of hydrogen-bond acceptors (Lipinski definition) is 6. The summed E-state index contributed by atoms with van der Waals surface area (Å²) in [7, 11) is -3.72. The molecule has 0 bridgehead atoms. The molecule has 1 aromatic rings. The minimum atomic E-state index is -3.72. The van der Waals surface area contributed by atoms with Crippen molar-refractivity contribution < 1.29 is 27.5 Å². The molecule has 0 radical (unpaired) electrons. The van der Waals surface area contributed by atoms with Crippen molar-refractivity contribution in [2.45, 2.75) is 24.7 Å². The van der Waals surface area contributed by atoms with Gasteiger partial charge in [0.15, 0.2) is 6.61 Å². The van der Waals surface area contributed by atoms with Crippen molar-refractivity contribution in [3.8, 4) is 0 Å². The van der Waals surface area contributed by atoms with Gasteiger partial charge in [-0.15, -0.1) is 0 Å². The van der Waals surface area contributed by atoms with Crippen LogP contribution in [0.15, 0.2) is 23.1 Å². The Hall–Kier alpha value is -2.17. The number of halogens is 1. The fourth-order valence-electron chi connectivity index (χ4n) is 2.30. The highest BCUT2D eigenvalue weighted by Crippen LogP contribution is 2.25. The molecule has 11 heteroatoms. The third-order valence-electron chi connectivity index (χ3n) is 3.57. The number of benzene rings is 1. The predicted molar refractivity (Wildman–Crippen MR) is 91.7 cm³/mol. The summed E-state index contributed by atoms with van der Waals surface area (Å²) < 4.78 is 31.3. The molecule has 0 unspecified atom stereocenters. The molecular formula is C15H18ClN3O6S. The van der Waals surface area contributed by atoms with Crippen LogP contribution in [-0.4, -0.2) is 50.2 Å². The number of carbonyl (C=O) groups excluding carboxylic acids is 3. The minimum absolute atomic E-state index is 0.00218. The maximum Gasteiger partial charge on any atom is 0.340 e. The summed E-state index contributed by atoms with van der Waals surface area (Å²) in [6.07, 6.45) is 1.57. The van der Waals surface area contributed by atoms with Crippen LogP contribution in [-0.2, 0) is 24.3 Å². The topological polar surface area (TPSA) is 122 Å². The van der Waals surface area contributed by atoms with E-state index in [4.69, 9.17) is 16.3 Å². The van der Waals surface area contributed by atoms with Crippen LogP contribution in [0.5, 0.6) is 0 Å². The van der Waals surface area contributed by atoms with E-state index in [1.165, 1.54) is 23.4 Å². The van der Waals surface area contributed by atoms with Gasteiger partial charge in [-0.2, -0.15) is 4.31 Å². The summed E-state index contributed by atoms with van der Waals surface area (Å²) >= 11 is 5.95. The van der Waals surface area contributed by atoms with Crippen molar-refractivity contribution >= 4 is 39.4 Å². The van der Waals surface area contributed by atoms with Gasteiger partial charge in [-0.05, 0) is 31.0 Å². The van der Waals surface area contributed by atoms with Crippen LogP contribution in [0, 0.1) is 0 Å². The summed E-state index contributed by atoms with van der Waals surface area (Å²) in [5.41, 5.74) is 3.90. The first-order valence-electron chi connectivity index (χ1n) is 7.74. The summed E-state index contributed by atoms with van der Waals surface area (Å²) in [6, 6.07) is 3.73. The van der Waals surface area contributed by atoms with Crippen LogP contribution in [0.1, 0.15) is 30.1 Å². The molecule has 0 saturated carbocycles. The standard InChI is InChI=1S/C15H18ClN3O6S/c1-10(20)17-18-14(21)9-25-15(22)12-8-11(4-5-13(12)16)26(23,24)19-6-2-3-7-19/h4-5,8H,2-3,6-7,9H2,1H3,(H,17,20)(H,18,21). The van der Waals surface area contributed by atoms with Gasteiger partial charge >= 0.3 is 5.97 Å². The van der Waals surface area contributed by atoms with Crippen molar-refractivity contribution in [3.63, 3.8) is 0 Å². The first-order chi connectivity index (χ1) is 12.2. The van der Waals surface area contributed by atoms with Crippen LogP contribution in [0.25, 0.3) is 0 Å². The molecule has 0 aliphatic carbocycles. The molecule has 1 saturated heterocycles. The van der Waals surface area contributed by atoms with Crippen molar-refractivity contribution in [1.29, 1.82) is 0 Å². The Morgan fingerprint density at radius 1 is 1.19 bits per heavy atom. The number of rotatable bonds is 5. The van der Waals surface area contributed by atoms with E-state index in [1.807, 2.05) is 10.9 Å². The number of hydrazine groups is 1. The Morgan fingerprint density at radius 3 is 2.46 bits per heavy atom. The number of carbonyl (C=O) groups is 3. The Labute approximate surface area is 155 Å². The monoisotopic (exact) mass is 403 g/mol.